The lowest BCUT2D eigenvalue weighted by molar-refractivity contribution is -0.130. The SMILES string of the molecule is C[C@H](NCC(=O)N1CCSCC1)c1ccccc1. The predicted octanol–water partition coefficient (Wildman–Crippen LogP) is 1.91. The zero-order chi connectivity index (χ0) is 12.8. The van der Waals surface area contributed by atoms with Crippen LogP contribution in [-0.2, 0) is 4.79 Å². The van der Waals surface area contributed by atoms with Gasteiger partial charge < -0.3 is 10.2 Å². The Morgan fingerprint density at radius 3 is 2.67 bits per heavy atom. The van der Waals surface area contributed by atoms with Crippen LogP contribution in [0.25, 0.3) is 0 Å². The predicted molar refractivity (Wildman–Crippen MR) is 76.8 cm³/mol. The minimum Gasteiger partial charge on any atom is -0.340 e. The van der Waals surface area contributed by atoms with Crippen molar-refractivity contribution in [1.29, 1.82) is 0 Å². The molecule has 1 heterocycles. The van der Waals surface area contributed by atoms with Gasteiger partial charge in [-0.05, 0) is 12.5 Å². The smallest absolute Gasteiger partial charge is 0.236 e. The molecule has 0 radical (unpaired) electrons. The summed E-state index contributed by atoms with van der Waals surface area (Å²) in [5.74, 6) is 2.36. The van der Waals surface area contributed by atoms with E-state index in [2.05, 4.69) is 24.4 Å². The lowest BCUT2D eigenvalue weighted by atomic mass is 10.1. The number of nitrogens with one attached hydrogen (secondary N) is 1. The Morgan fingerprint density at radius 2 is 2.00 bits per heavy atom. The van der Waals surface area contributed by atoms with E-state index in [-0.39, 0.29) is 11.9 Å². The summed E-state index contributed by atoms with van der Waals surface area (Å²) in [7, 11) is 0. The summed E-state index contributed by atoms with van der Waals surface area (Å²) in [6.45, 7) is 4.31. The molecular formula is C14H20N2OS. The molecule has 1 amide bonds. The average Bonchev–Trinajstić information content (AvgIpc) is 2.46. The summed E-state index contributed by atoms with van der Waals surface area (Å²) in [6.07, 6.45) is 0. The van der Waals surface area contributed by atoms with E-state index in [1.165, 1.54) is 5.56 Å². The Balaban J connectivity index is 1.78. The molecule has 1 aliphatic heterocycles. The Bertz CT molecular complexity index is 377. The third-order valence-corrected chi connectivity index (χ3v) is 4.17. The molecule has 0 bridgehead atoms. The molecule has 1 aromatic carbocycles. The van der Waals surface area contributed by atoms with Gasteiger partial charge in [0.2, 0.25) is 5.91 Å². The summed E-state index contributed by atoms with van der Waals surface area (Å²) in [4.78, 5) is 13.9. The maximum absolute atomic E-state index is 12.0. The second-order valence-corrected chi connectivity index (χ2v) is 5.73. The molecule has 1 fully saturated rings. The third-order valence-electron chi connectivity index (χ3n) is 3.22. The molecule has 0 unspecified atom stereocenters. The first-order valence-electron chi connectivity index (χ1n) is 6.41. The Kier molecular flexibility index (Phi) is 5.08. The van der Waals surface area contributed by atoms with E-state index in [0.29, 0.717) is 6.54 Å². The molecule has 4 heteroatoms. The summed E-state index contributed by atoms with van der Waals surface area (Å²) in [5.41, 5.74) is 1.22. The maximum atomic E-state index is 12.0. The van der Waals surface area contributed by atoms with E-state index in [4.69, 9.17) is 0 Å². The average molecular weight is 264 g/mol. The zero-order valence-corrected chi connectivity index (χ0v) is 11.6. The van der Waals surface area contributed by atoms with Gasteiger partial charge in [-0.2, -0.15) is 11.8 Å². The molecule has 1 aromatic rings. The molecule has 3 nitrogen and oxygen atoms in total. The molecule has 1 atom stereocenters. The van der Waals surface area contributed by atoms with Crippen LogP contribution in [0.5, 0.6) is 0 Å². The fourth-order valence-electron chi connectivity index (χ4n) is 2.02. The van der Waals surface area contributed by atoms with Gasteiger partial charge in [-0.1, -0.05) is 30.3 Å². The fraction of sp³-hybridized carbons (Fsp3) is 0.500. The summed E-state index contributed by atoms with van der Waals surface area (Å²) < 4.78 is 0. The molecule has 1 N–H and O–H groups in total. The largest absolute Gasteiger partial charge is 0.340 e. The first-order chi connectivity index (χ1) is 8.77. The number of benzene rings is 1. The second kappa shape index (κ2) is 6.81. The minimum absolute atomic E-state index is 0.217. The third kappa shape index (κ3) is 3.75. The van der Waals surface area contributed by atoms with Crippen molar-refractivity contribution in [3.63, 3.8) is 0 Å². The highest BCUT2D eigenvalue weighted by Gasteiger charge is 2.17. The number of hydrogen-bond acceptors (Lipinski definition) is 3. The van der Waals surface area contributed by atoms with E-state index >= 15 is 0 Å². The molecule has 0 spiro atoms. The number of rotatable bonds is 4. The van der Waals surface area contributed by atoms with Gasteiger partial charge in [0.15, 0.2) is 0 Å². The van der Waals surface area contributed by atoms with Crippen LogP contribution in [0.15, 0.2) is 30.3 Å². The Labute approximate surface area is 113 Å². The van der Waals surface area contributed by atoms with E-state index in [1.54, 1.807) is 0 Å². The number of hydrogen-bond donors (Lipinski definition) is 1. The van der Waals surface area contributed by atoms with Crippen molar-refractivity contribution in [2.45, 2.75) is 13.0 Å². The van der Waals surface area contributed by atoms with Gasteiger partial charge in [-0.3, -0.25) is 4.79 Å². The molecular weight excluding hydrogens is 244 g/mol. The minimum atomic E-state index is 0.217. The zero-order valence-electron chi connectivity index (χ0n) is 10.8. The number of amides is 1. The number of carbonyl (C=O) groups excluding carboxylic acids is 1. The number of nitrogens with zero attached hydrogens (tertiary/aromatic N) is 1. The first kappa shape index (κ1) is 13.4. The molecule has 0 saturated carbocycles. The lowest BCUT2D eigenvalue weighted by Gasteiger charge is -2.27. The number of thioether (sulfide) groups is 1. The van der Waals surface area contributed by atoms with Crippen LogP contribution in [0.1, 0.15) is 18.5 Å². The molecule has 18 heavy (non-hydrogen) atoms. The van der Waals surface area contributed by atoms with Crippen molar-refractivity contribution < 1.29 is 4.79 Å². The maximum Gasteiger partial charge on any atom is 0.236 e. The molecule has 0 aliphatic carbocycles. The highest BCUT2D eigenvalue weighted by atomic mass is 32.2. The van der Waals surface area contributed by atoms with Crippen LogP contribution in [-0.4, -0.2) is 41.9 Å². The molecule has 2 rings (SSSR count). The quantitative estimate of drug-likeness (QED) is 0.901. The molecule has 1 saturated heterocycles. The lowest BCUT2D eigenvalue weighted by Crippen LogP contribution is -2.43. The molecule has 1 aliphatic rings. The number of carbonyl (C=O) groups is 1. The van der Waals surface area contributed by atoms with E-state index in [1.807, 2.05) is 34.9 Å². The normalized spacial score (nSPS) is 17.5. The standard InChI is InChI=1S/C14H20N2OS/c1-12(13-5-3-2-4-6-13)15-11-14(17)16-7-9-18-10-8-16/h2-6,12,15H,7-11H2,1H3/t12-/m0/s1. The van der Waals surface area contributed by atoms with E-state index in [0.717, 1.165) is 24.6 Å². The van der Waals surface area contributed by atoms with Crippen molar-refractivity contribution in [2.24, 2.45) is 0 Å². The first-order valence-corrected chi connectivity index (χ1v) is 7.56. The van der Waals surface area contributed by atoms with Crippen molar-refractivity contribution in [2.75, 3.05) is 31.1 Å². The van der Waals surface area contributed by atoms with Crippen molar-refractivity contribution >= 4 is 17.7 Å². The van der Waals surface area contributed by atoms with Crippen LogP contribution < -0.4 is 5.32 Å². The fourth-order valence-corrected chi connectivity index (χ4v) is 2.93. The van der Waals surface area contributed by atoms with Gasteiger partial charge in [-0.25, -0.2) is 0 Å². The van der Waals surface area contributed by atoms with E-state index < -0.39 is 0 Å². The van der Waals surface area contributed by atoms with Crippen molar-refractivity contribution in [1.82, 2.24) is 10.2 Å². The van der Waals surface area contributed by atoms with Crippen LogP contribution in [0.2, 0.25) is 0 Å². The highest BCUT2D eigenvalue weighted by molar-refractivity contribution is 7.99. The van der Waals surface area contributed by atoms with Crippen LogP contribution in [0.3, 0.4) is 0 Å². The second-order valence-electron chi connectivity index (χ2n) is 4.51. The van der Waals surface area contributed by atoms with E-state index in [9.17, 15) is 4.79 Å². The summed E-state index contributed by atoms with van der Waals surface area (Å²) >= 11 is 1.92. The van der Waals surface area contributed by atoms with Crippen LogP contribution in [0, 0.1) is 0 Å². The highest BCUT2D eigenvalue weighted by Crippen LogP contribution is 2.12. The van der Waals surface area contributed by atoms with Gasteiger partial charge in [0.25, 0.3) is 0 Å². The summed E-state index contributed by atoms with van der Waals surface area (Å²) in [5, 5.41) is 3.30. The Morgan fingerprint density at radius 1 is 1.33 bits per heavy atom. The van der Waals surface area contributed by atoms with Gasteiger partial charge in [-0.15, -0.1) is 0 Å². The van der Waals surface area contributed by atoms with Gasteiger partial charge in [0, 0.05) is 30.6 Å². The molecule has 0 aromatic heterocycles. The van der Waals surface area contributed by atoms with Crippen molar-refractivity contribution in [3.05, 3.63) is 35.9 Å². The van der Waals surface area contributed by atoms with Gasteiger partial charge in [0.1, 0.15) is 0 Å². The van der Waals surface area contributed by atoms with Crippen LogP contribution in [0.4, 0.5) is 0 Å². The van der Waals surface area contributed by atoms with Crippen LogP contribution >= 0.6 is 11.8 Å². The molecule has 98 valence electrons. The Hall–Kier alpha value is -1.00. The topological polar surface area (TPSA) is 32.3 Å². The van der Waals surface area contributed by atoms with Gasteiger partial charge >= 0.3 is 0 Å². The monoisotopic (exact) mass is 264 g/mol. The summed E-state index contributed by atoms with van der Waals surface area (Å²) in [6, 6.07) is 10.4. The van der Waals surface area contributed by atoms with Gasteiger partial charge in [0.05, 0.1) is 6.54 Å². The van der Waals surface area contributed by atoms with Crippen molar-refractivity contribution in [3.8, 4) is 0 Å².